The molecule has 0 atom stereocenters. The second-order valence-corrected chi connectivity index (χ2v) is 5.20. The molecule has 4 nitrogen and oxygen atoms in total. The molecule has 1 saturated carbocycles. The molecule has 1 amide bonds. The summed E-state index contributed by atoms with van der Waals surface area (Å²) in [7, 11) is 3.57. The second kappa shape index (κ2) is 4.57. The van der Waals surface area contributed by atoms with E-state index in [1.165, 1.54) is 12.1 Å². The van der Waals surface area contributed by atoms with Gasteiger partial charge in [-0.1, -0.05) is 0 Å². The number of carbonyl (C=O) groups is 1. The zero-order chi connectivity index (χ0) is 15.1. The summed E-state index contributed by atoms with van der Waals surface area (Å²) in [4.78, 5) is 13.7. The van der Waals surface area contributed by atoms with Crippen molar-refractivity contribution < 1.29 is 18.0 Å². The van der Waals surface area contributed by atoms with E-state index in [2.05, 4.69) is 5.32 Å². The summed E-state index contributed by atoms with van der Waals surface area (Å²) in [5.74, 6) is -0.753. The number of carbonyl (C=O) groups excluding carboxylic acids is 1. The van der Waals surface area contributed by atoms with E-state index in [9.17, 15) is 18.0 Å². The van der Waals surface area contributed by atoms with Gasteiger partial charge in [-0.3, -0.25) is 4.79 Å². The zero-order valence-electron chi connectivity index (χ0n) is 11.2. The summed E-state index contributed by atoms with van der Waals surface area (Å²) in [6, 6.07) is 4.46. The van der Waals surface area contributed by atoms with Crippen LogP contribution in [0.5, 0.6) is 0 Å². The predicted molar refractivity (Wildman–Crippen MR) is 70.7 cm³/mol. The lowest BCUT2D eigenvalue weighted by Crippen LogP contribution is -2.47. The Balaban J connectivity index is 2.17. The lowest BCUT2D eigenvalue weighted by molar-refractivity contribution is -0.163. The first-order valence-electron chi connectivity index (χ1n) is 6.12. The molecule has 20 heavy (non-hydrogen) atoms. The van der Waals surface area contributed by atoms with Crippen molar-refractivity contribution in [3.05, 3.63) is 23.8 Å². The number of rotatable bonds is 3. The molecule has 1 aliphatic carbocycles. The van der Waals surface area contributed by atoms with Crippen molar-refractivity contribution in [2.24, 2.45) is 0 Å². The lowest BCUT2D eigenvalue weighted by Gasteiger charge is -2.21. The highest BCUT2D eigenvalue weighted by Gasteiger charge is 2.64. The highest BCUT2D eigenvalue weighted by atomic mass is 19.4. The Labute approximate surface area is 114 Å². The molecule has 1 fully saturated rings. The maximum atomic E-state index is 12.8. The van der Waals surface area contributed by atoms with Crippen molar-refractivity contribution in [2.45, 2.75) is 24.6 Å². The maximum absolute atomic E-state index is 12.8. The fourth-order valence-electron chi connectivity index (χ4n) is 2.00. The summed E-state index contributed by atoms with van der Waals surface area (Å²) in [5.41, 5.74) is 4.91. The molecule has 1 aromatic carbocycles. The van der Waals surface area contributed by atoms with Crippen LogP contribution in [0.4, 0.5) is 24.5 Å². The van der Waals surface area contributed by atoms with Crippen molar-refractivity contribution in [1.29, 1.82) is 0 Å². The van der Waals surface area contributed by atoms with E-state index in [0.29, 0.717) is 11.4 Å². The summed E-state index contributed by atoms with van der Waals surface area (Å²) < 4.78 is 38.3. The number of alkyl halides is 3. The quantitative estimate of drug-likeness (QED) is 0.838. The van der Waals surface area contributed by atoms with Crippen LogP contribution < -0.4 is 16.0 Å². The fraction of sp³-hybridized carbons (Fsp3) is 0.462. The molecule has 0 heterocycles. The molecule has 0 radical (unpaired) electrons. The van der Waals surface area contributed by atoms with Crippen LogP contribution in [0.3, 0.4) is 0 Å². The van der Waals surface area contributed by atoms with Gasteiger partial charge in [0.15, 0.2) is 0 Å². The summed E-state index contributed by atoms with van der Waals surface area (Å²) in [6.07, 6.45) is -4.57. The average Bonchev–Trinajstić information content (AvgIpc) is 3.08. The minimum atomic E-state index is -4.42. The summed E-state index contributed by atoms with van der Waals surface area (Å²) in [5, 5.41) is 2.07. The predicted octanol–water partition coefficient (Wildman–Crippen LogP) is 2.16. The number of amides is 1. The van der Waals surface area contributed by atoms with E-state index < -0.39 is 17.6 Å². The normalized spacial score (nSPS) is 16.6. The zero-order valence-corrected chi connectivity index (χ0v) is 11.2. The van der Waals surface area contributed by atoms with E-state index in [1.54, 1.807) is 25.1 Å². The minimum absolute atomic E-state index is 0.0759. The number of nitrogens with two attached hydrogens (primary N) is 1. The van der Waals surface area contributed by atoms with Crippen LogP contribution in [0, 0.1) is 0 Å². The van der Waals surface area contributed by atoms with Gasteiger partial charge in [-0.25, -0.2) is 0 Å². The van der Waals surface area contributed by atoms with Crippen molar-refractivity contribution in [1.82, 2.24) is 5.32 Å². The van der Waals surface area contributed by atoms with E-state index in [4.69, 9.17) is 5.73 Å². The number of hydrogen-bond donors (Lipinski definition) is 2. The first-order chi connectivity index (χ1) is 9.16. The van der Waals surface area contributed by atoms with Gasteiger partial charge in [0.1, 0.15) is 5.54 Å². The molecule has 0 bridgehead atoms. The van der Waals surface area contributed by atoms with Crippen LogP contribution in [0.2, 0.25) is 0 Å². The molecule has 1 aromatic rings. The molecule has 2 rings (SSSR count). The van der Waals surface area contributed by atoms with Gasteiger partial charge in [0, 0.05) is 19.7 Å². The number of nitrogens with zero attached hydrogens (tertiary/aromatic N) is 1. The van der Waals surface area contributed by atoms with Crippen molar-refractivity contribution >= 4 is 17.3 Å². The second-order valence-electron chi connectivity index (χ2n) is 5.20. The third-order valence-electron chi connectivity index (χ3n) is 3.42. The largest absolute Gasteiger partial charge is 0.411 e. The monoisotopic (exact) mass is 287 g/mol. The van der Waals surface area contributed by atoms with E-state index in [0.717, 1.165) is 0 Å². The van der Waals surface area contributed by atoms with Crippen LogP contribution in [-0.4, -0.2) is 31.7 Å². The third-order valence-corrected chi connectivity index (χ3v) is 3.42. The summed E-state index contributed by atoms with van der Waals surface area (Å²) >= 11 is 0. The van der Waals surface area contributed by atoms with Gasteiger partial charge < -0.3 is 16.0 Å². The molecule has 3 N–H and O–H groups in total. The smallest absolute Gasteiger partial charge is 0.397 e. The SMILES string of the molecule is CN(C)c1ccc(C(=O)NC2(C(F)(F)F)CC2)cc1N. The third kappa shape index (κ3) is 2.52. The number of halogens is 3. The molecular formula is C13H16F3N3O. The van der Waals surface area contributed by atoms with Gasteiger partial charge in [0.25, 0.3) is 5.91 Å². The molecule has 1 aliphatic rings. The lowest BCUT2D eigenvalue weighted by atomic mass is 10.1. The molecule has 0 aromatic heterocycles. The van der Waals surface area contributed by atoms with Crippen molar-refractivity contribution in [3.63, 3.8) is 0 Å². The van der Waals surface area contributed by atoms with E-state index >= 15 is 0 Å². The average molecular weight is 287 g/mol. The Morgan fingerprint density at radius 1 is 1.35 bits per heavy atom. The number of nitrogen functional groups attached to an aromatic ring is 1. The highest BCUT2D eigenvalue weighted by molar-refractivity contribution is 5.97. The van der Waals surface area contributed by atoms with Crippen LogP contribution >= 0.6 is 0 Å². The summed E-state index contributed by atoms with van der Waals surface area (Å²) in [6.45, 7) is 0. The van der Waals surface area contributed by atoms with Crippen LogP contribution in [0.1, 0.15) is 23.2 Å². The van der Waals surface area contributed by atoms with E-state index in [-0.39, 0.29) is 18.4 Å². The first-order valence-corrected chi connectivity index (χ1v) is 6.12. The van der Waals surface area contributed by atoms with Crippen LogP contribution in [-0.2, 0) is 0 Å². The Hall–Kier alpha value is -1.92. The minimum Gasteiger partial charge on any atom is -0.397 e. The molecule has 0 aliphatic heterocycles. The number of benzene rings is 1. The number of hydrogen-bond acceptors (Lipinski definition) is 3. The fourth-order valence-corrected chi connectivity index (χ4v) is 2.00. The van der Waals surface area contributed by atoms with Crippen LogP contribution in [0.15, 0.2) is 18.2 Å². The Morgan fingerprint density at radius 2 is 1.95 bits per heavy atom. The van der Waals surface area contributed by atoms with Crippen LogP contribution in [0.25, 0.3) is 0 Å². The van der Waals surface area contributed by atoms with Gasteiger partial charge in [-0.05, 0) is 31.0 Å². The van der Waals surface area contributed by atoms with Gasteiger partial charge in [0.05, 0.1) is 11.4 Å². The first kappa shape index (κ1) is 14.5. The molecule has 0 spiro atoms. The van der Waals surface area contributed by atoms with Crippen molar-refractivity contribution in [2.75, 3.05) is 24.7 Å². The van der Waals surface area contributed by atoms with Gasteiger partial charge in [-0.15, -0.1) is 0 Å². The topological polar surface area (TPSA) is 58.4 Å². The maximum Gasteiger partial charge on any atom is 0.411 e. The molecular weight excluding hydrogens is 271 g/mol. The Morgan fingerprint density at radius 3 is 2.35 bits per heavy atom. The molecule has 0 unspecified atom stereocenters. The van der Waals surface area contributed by atoms with Gasteiger partial charge >= 0.3 is 6.18 Å². The highest BCUT2D eigenvalue weighted by Crippen LogP contribution is 2.49. The Bertz CT molecular complexity index is 536. The number of nitrogens with one attached hydrogen (secondary N) is 1. The standard InChI is InChI=1S/C13H16F3N3O/c1-19(2)10-4-3-8(7-9(10)17)11(20)18-12(5-6-12)13(14,15)16/h3-4,7H,5-6,17H2,1-2H3,(H,18,20). The van der Waals surface area contributed by atoms with Gasteiger partial charge in [0.2, 0.25) is 0 Å². The van der Waals surface area contributed by atoms with E-state index in [1.807, 2.05) is 0 Å². The van der Waals surface area contributed by atoms with Gasteiger partial charge in [-0.2, -0.15) is 13.2 Å². The Kier molecular flexibility index (Phi) is 3.31. The van der Waals surface area contributed by atoms with Crippen molar-refractivity contribution in [3.8, 4) is 0 Å². The molecule has 0 saturated heterocycles. The molecule has 7 heteroatoms. The number of anilines is 2. The molecule has 110 valence electrons.